The normalized spacial score (nSPS) is 18.3. The summed E-state index contributed by atoms with van der Waals surface area (Å²) in [5, 5.41) is 0.304. The molecule has 0 bridgehead atoms. The van der Waals surface area contributed by atoms with Gasteiger partial charge in [-0.3, -0.25) is 0 Å². The maximum Gasteiger partial charge on any atom is 1.00 e. The molecular weight excluding hydrogens is 251 g/mol. The van der Waals surface area contributed by atoms with Crippen LogP contribution < -0.4 is 51.4 Å². The molecule has 0 aromatic rings. The first kappa shape index (κ1) is 16.5. The second kappa shape index (κ2) is 7.79. The zero-order valence-corrected chi connectivity index (χ0v) is 12.8. The fourth-order valence-corrected chi connectivity index (χ4v) is 2.33. The summed E-state index contributed by atoms with van der Waals surface area (Å²) >= 11 is 1.35. The molecule has 0 saturated carbocycles. The Balaban J connectivity index is 0.00000196. The van der Waals surface area contributed by atoms with Crippen LogP contribution in [0.2, 0.25) is 0 Å². The summed E-state index contributed by atoms with van der Waals surface area (Å²) in [7, 11) is 0. The first-order valence-corrected chi connectivity index (χ1v) is 5.62. The van der Waals surface area contributed by atoms with Crippen LogP contribution in [0.4, 0.5) is 12.9 Å². The predicted octanol–water partition coefficient (Wildman–Crippen LogP) is -0.155. The van der Waals surface area contributed by atoms with E-state index in [4.69, 9.17) is 4.74 Å². The molecule has 0 aromatic carbocycles. The van der Waals surface area contributed by atoms with Gasteiger partial charge in [-0.1, -0.05) is 0 Å². The first-order valence-electron chi connectivity index (χ1n) is 4.57. The Kier molecular flexibility index (Phi) is 8.59. The SMILES string of the molecule is C=C(CSC1CCOCC1)[B-](F)(F)F.[K+]. The van der Waals surface area contributed by atoms with E-state index in [1.807, 2.05) is 0 Å². The van der Waals surface area contributed by atoms with Crippen molar-refractivity contribution in [3.8, 4) is 0 Å². The monoisotopic (exact) mass is 264 g/mol. The molecule has 1 nitrogen and oxygen atoms in total. The van der Waals surface area contributed by atoms with Gasteiger partial charge in [0.15, 0.2) is 0 Å². The molecule has 0 spiro atoms. The van der Waals surface area contributed by atoms with E-state index in [2.05, 4.69) is 6.58 Å². The van der Waals surface area contributed by atoms with Gasteiger partial charge in [-0.25, -0.2) is 0 Å². The third-order valence-corrected chi connectivity index (χ3v) is 3.62. The molecule has 0 aliphatic carbocycles. The van der Waals surface area contributed by atoms with E-state index in [0.717, 1.165) is 12.8 Å². The molecule has 1 saturated heterocycles. The fraction of sp³-hybridized carbons (Fsp3) is 0.750. The van der Waals surface area contributed by atoms with E-state index < -0.39 is 12.4 Å². The van der Waals surface area contributed by atoms with Gasteiger partial charge in [0.1, 0.15) is 0 Å². The van der Waals surface area contributed by atoms with Gasteiger partial charge >= 0.3 is 58.4 Å². The molecule has 0 N–H and O–H groups in total. The maximum absolute atomic E-state index is 12.1. The fourth-order valence-electron chi connectivity index (χ4n) is 1.16. The van der Waals surface area contributed by atoms with Crippen molar-refractivity contribution in [2.45, 2.75) is 18.1 Å². The van der Waals surface area contributed by atoms with Crippen molar-refractivity contribution in [2.75, 3.05) is 19.0 Å². The minimum atomic E-state index is -4.85. The average molecular weight is 264 g/mol. The van der Waals surface area contributed by atoms with E-state index in [0.29, 0.717) is 18.5 Å². The molecule has 7 heteroatoms. The molecular formula is C8H13BF3KOS. The van der Waals surface area contributed by atoms with Crippen LogP contribution in [-0.4, -0.2) is 31.2 Å². The van der Waals surface area contributed by atoms with Gasteiger partial charge in [0.2, 0.25) is 0 Å². The van der Waals surface area contributed by atoms with Crippen LogP contribution in [0.3, 0.4) is 0 Å². The van der Waals surface area contributed by atoms with Crippen LogP contribution in [0, 0.1) is 0 Å². The second-order valence-electron chi connectivity index (χ2n) is 3.36. The smallest absolute Gasteiger partial charge is 0.445 e. The predicted molar refractivity (Wildman–Crippen MR) is 54.5 cm³/mol. The summed E-state index contributed by atoms with van der Waals surface area (Å²) in [4.78, 5) is 0. The van der Waals surface area contributed by atoms with Crippen molar-refractivity contribution in [1.82, 2.24) is 0 Å². The molecule has 0 unspecified atom stereocenters. The van der Waals surface area contributed by atoms with Crippen LogP contribution >= 0.6 is 11.8 Å². The summed E-state index contributed by atoms with van der Waals surface area (Å²) < 4.78 is 41.5. The number of rotatable bonds is 4. The standard InChI is InChI=1S/C8H13BF3OS.K/c1-7(9(10,11)12)6-14-8-2-4-13-5-3-8;/h8H,1-6H2;/q-1;+1. The van der Waals surface area contributed by atoms with Crippen LogP contribution in [0.15, 0.2) is 12.1 Å². The van der Waals surface area contributed by atoms with E-state index >= 15 is 0 Å². The summed E-state index contributed by atoms with van der Waals surface area (Å²) in [5.74, 6) is 0.00810. The molecule has 1 aliphatic rings. The van der Waals surface area contributed by atoms with E-state index in [1.165, 1.54) is 11.8 Å². The maximum atomic E-state index is 12.1. The summed E-state index contributed by atoms with van der Waals surface area (Å²) in [6.45, 7) is -0.450. The number of thioether (sulfide) groups is 1. The van der Waals surface area contributed by atoms with Crippen molar-refractivity contribution >= 4 is 18.7 Å². The Hall–Kier alpha value is 1.54. The molecule has 0 radical (unpaired) electrons. The minimum absolute atomic E-state index is 0. The second-order valence-corrected chi connectivity index (χ2v) is 4.64. The topological polar surface area (TPSA) is 9.23 Å². The van der Waals surface area contributed by atoms with Crippen molar-refractivity contribution in [2.24, 2.45) is 0 Å². The largest absolute Gasteiger partial charge is 1.00 e. The van der Waals surface area contributed by atoms with Crippen molar-refractivity contribution in [1.29, 1.82) is 0 Å². The van der Waals surface area contributed by atoms with Crippen LogP contribution in [0.1, 0.15) is 12.8 Å². The Bertz CT molecular complexity index is 207. The van der Waals surface area contributed by atoms with Gasteiger partial charge in [0.25, 0.3) is 0 Å². The van der Waals surface area contributed by atoms with Gasteiger partial charge in [-0.2, -0.15) is 11.8 Å². The summed E-state index contributed by atoms with van der Waals surface area (Å²) in [5.41, 5.74) is -0.582. The molecule has 0 amide bonds. The quantitative estimate of drug-likeness (QED) is 0.653. The van der Waals surface area contributed by atoms with E-state index in [-0.39, 0.29) is 57.1 Å². The Morgan fingerprint density at radius 2 is 1.87 bits per heavy atom. The van der Waals surface area contributed by atoms with Crippen molar-refractivity contribution in [3.63, 3.8) is 0 Å². The number of hydrogen-bond donors (Lipinski definition) is 0. The van der Waals surface area contributed by atoms with Gasteiger partial charge in [0, 0.05) is 18.5 Å². The van der Waals surface area contributed by atoms with Gasteiger partial charge in [-0.15, -0.1) is 12.1 Å². The Morgan fingerprint density at radius 3 is 2.33 bits per heavy atom. The van der Waals surface area contributed by atoms with Gasteiger partial charge < -0.3 is 17.7 Å². The van der Waals surface area contributed by atoms with E-state index in [9.17, 15) is 12.9 Å². The Morgan fingerprint density at radius 1 is 1.33 bits per heavy atom. The first-order chi connectivity index (χ1) is 6.50. The average Bonchev–Trinajstić information content (AvgIpc) is 2.14. The molecule has 1 aliphatic heterocycles. The van der Waals surface area contributed by atoms with Crippen molar-refractivity contribution in [3.05, 3.63) is 12.1 Å². The number of ether oxygens (including phenoxy) is 1. The van der Waals surface area contributed by atoms with Gasteiger partial charge in [0.05, 0.1) is 0 Å². The molecule has 82 valence electrons. The Labute approximate surface area is 135 Å². The number of halogens is 3. The molecule has 1 fully saturated rings. The minimum Gasteiger partial charge on any atom is -0.445 e. The zero-order valence-electron chi connectivity index (χ0n) is 8.85. The van der Waals surface area contributed by atoms with Gasteiger partial charge in [-0.05, 0) is 18.6 Å². The zero-order chi connectivity index (χ0) is 10.6. The van der Waals surface area contributed by atoms with Crippen molar-refractivity contribution < 1.29 is 69.1 Å². The van der Waals surface area contributed by atoms with E-state index in [1.54, 1.807) is 0 Å². The molecule has 1 heterocycles. The van der Waals surface area contributed by atoms with Crippen LogP contribution in [0.5, 0.6) is 0 Å². The van der Waals surface area contributed by atoms with Crippen LogP contribution in [0.25, 0.3) is 0 Å². The molecule has 0 aromatic heterocycles. The molecule has 1 rings (SSSR count). The molecule has 15 heavy (non-hydrogen) atoms. The number of hydrogen-bond acceptors (Lipinski definition) is 2. The summed E-state index contributed by atoms with van der Waals surface area (Å²) in [6.07, 6.45) is 1.70. The summed E-state index contributed by atoms with van der Waals surface area (Å²) in [6, 6.07) is 0. The van der Waals surface area contributed by atoms with Crippen LogP contribution in [-0.2, 0) is 4.74 Å². The third-order valence-electron chi connectivity index (χ3n) is 2.14. The third kappa shape index (κ3) is 6.75. The molecule has 0 atom stereocenters.